The van der Waals surface area contributed by atoms with Gasteiger partial charge in [0.15, 0.2) is 0 Å². The maximum atomic E-state index is 11.2. The predicted octanol–water partition coefficient (Wildman–Crippen LogP) is 2.05. The Bertz CT molecular complexity index is 462. The molecule has 1 aromatic carbocycles. The number of rotatable bonds is 4. The third-order valence-electron chi connectivity index (χ3n) is 2.95. The fourth-order valence-electron chi connectivity index (χ4n) is 2.13. The molecule has 1 aliphatic heterocycles. The highest BCUT2D eigenvalue weighted by molar-refractivity contribution is 5.90. The van der Waals surface area contributed by atoms with Gasteiger partial charge in [0, 0.05) is 13.5 Å². The smallest absolute Gasteiger partial charge is 0.221 e. The van der Waals surface area contributed by atoms with Gasteiger partial charge in [-0.3, -0.25) is 10.1 Å². The number of hydrogen-bond acceptors (Lipinski definition) is 4. The maximum Gasteiger partial charge on any atom is 0.221 e. The molecule has 0 radical (unpaired) electrons. The second-order valence-corrected chi connectivity index (χ2v) is 4.54. The molecule has 5 nitrogen and oxygen atoms in total. The normalized spacial score (nSPS) is 22.3. The molecule has 1 aliphatic rings. The fraction of sp³-hybridized carbons (Fsp3) is 0.500. The van der Waals surface area contributed by atoms with Crippen LogP contribution in [0, 0.1) is 0 Å². The van der Waals surface area contributed by atoms with Crippen molar-refractivity contribution in [1.29, 1.82) is 0 Å². The molecule has 2 atom stereocenters. The summed E-state index contributed by atoms with van der Waals surface area (Å²) in [6.07, 6.45) is 0.0685. The number of carbonyl (C=O) groups is 1. The molecule has 0 aromatic heterocycles. The maximum absolute atomic E-state index is 11.2. The van der Waals surface area contributed by atoms with Crippen molar-refractivity contribution in [2.45, 2.75) is 33.1 Å². The van der Waals surface area contributed by atoms with Gasteiger partial charge in [-0.2, -0.15) is 0 Å². The summed E-state index contributed by atoms with van der Waals surface area (Å²) >= 11 is 0. The molecule has 2 rings (SSSR count). The minimum atomic E-state index is -0.114. The molecule has 0 spiro atoms. The molecule has 19 heavy (non-hydrogen) atoms. The van der Waals surface area contributed by atoms with Crippen LogP contribution in [-0.4, -0.2) is 25.3 Å². The van der Waals surface area contributed by atoms with Crippen LogP contribution in [0.15, 0.2) is 18.2 Å². The third-order valence-corrected chi connectivity index (χ3v) is 2.95. The van der Waals surface area contributed by atoms with Gasteiger partial charge in [0.2, 0.25) is 5.91 Å². The lowest BCUT2D eigenvalue weighted by Crippen LogP contribution is -2.17. The molecule has 0 aliphatic carbocycles. The van der Waals surface area contributed by atoms with Crippen LogP contribution < -0.4 is 15.4 Å². The fourth-order valence-corrected chi connectivity index (χ4v) is 2.13. The monoisotopic (exact) mass is 264 g/mol. The van der Waals surface area contributed by atoms with Crippen LogP contribution in [0.5, 0.6) is 5.75 Å². The first-order chi connectivity index (χ1) is 9.10. The summed E-state index contributed by atoms with van der Waals surface area (Å²) in [7, 11) is 0. The minimum Gasteiger partial charge on any atom is -0.492 e. The lowest BCUT2D eigenvalue weighted by atomic mass is 10.1. The highest BCUT2D eigenvalue weighted by Gasteiger charge is 2.23. The Morgan fingerprint density at radius 1 is 1.58 bits per heavy atom. The van der Waals surface area contributed by atoms with E-state index in [9.17, 15) is 4.79 Å². The zero-order chi connectivity index (χ0) is 13.8. The van der Waals surface area contributed by atoms with Crippen molar-refractivity contribution in [3.8, 4) is 5.75 Å². The van der Waals surface area contributed by atoms with E-state index in [0.717, 1.165) is 12.1 Å². The number of ether oxygens (including phenoxy) is 2. The Kier molecular flexibility index (Phi) is 4.39. The summed E-state index contributed by atoms with van der Waals surface area (Å²) in [5, 5.41) is 6.02. The average molecular weight is 264 g/mol. The second kappa shape index (κ2) is 6.04. The molecule has 2 unspecified atom stereocenters. The Balaban J connectivity index is 2.24. The third kappa shape index (κ3) is 3.45. The SMILES string of the molecule is CCOc1ccc(C2CNC(C)O2)cc1NC(C)=O. The van der Waals surface area contributed by atoms with Crippen molar-refractivity contribution < 1.29 is 14.3 Å². The zero-order valence-electron chi connectivity index (χ0n) is 11.5. The Hall–Kier alpha value is -1.59. The first-order valence-electron chi connectivity index (χ1n) is 6.53. The van der Waals surface area contributed by atoms with Crippen molar-refractivity contribution in [1.82, 2.24) is 5.32 Å². The number of hydrogen-bond donors (Lipinski definition) is 2. The van der Waals surface area contributed by atoms with Crippen LogP contribution in [0.4, 0.5) is 5.69 Å². The number of amides is 1. The lowest BCUT2D eigenvalue weighted by molar-refractivity contribution is -0.114. The van der Waals surface area contributed by atoms with Gasteiger partial charge in [-0.15, -0.1) is 0 Å². The molecule has 0 bridgehead atoms. The second-order valence-electron chi connectivity index (χ2n) is 4.54. The molecule has 0 saturated carbocycles. The van der Waals surface area contributed by atoms with Crippen molar-refractivity contribution in [2.24, 2.45) is 0 Å². The first-order valence-corrected chi connectivity index (χ1v) is 6.53. The van der Waals surface area contributed by atoms with Gasteiger partial charge in [0.1, 0.15) is 12.0 Å². The van der Waals surface area contributed by atoms with Crippen molar-refractivity contribution in [3.63, 3.8) is 0 Å². The van der Waals surface area contributed by atoms with E-state index in [0.29, 0.717) is 18.0 Å². The quantitative estimate of drug-likeness (QED) is 0.874. The largest absolute Gasteiger partial charge is 0.492 e. The predicted molar refractivity (Wildman–Crippen MR) is 73.2 cm³/mol. The molecule has 104 valence electrons. The summed E-state index contributed by atoms with van der Waals surface area (Å²) in [5.74, 6) is 0.567. The molecule has 1 saturated heterocycles. The van der Waals surface area contributed by atoms with E-state index >= 15 is 0 Å². The van der Waals surface area contributed by atoms with Gasteiger partial charge in [-0.25, -0.2) is 0 Å². The van der Waals surface area contributed by atoms with Gasteiger partial charge in [-0.1, -0.05) is 6.07 Å². The lowest BCUT2D eigenvalue weighted by Gasteiger charge is -2.15. The molecular weight excluding hydrogens is 244 g/mol. The Morgan fingerprint density at radius 3 is 2.95 bits per heavy atom. The van der Waals surface area contributed by atoms with E-state index in [2.05, 4.69) is 10.6 Å². The summed E-state index contributed by atoms with van der Waals surface area (Å²) in [4.78, 5) is 11.2. The summed E-state index contributed by atoms with van der Waals surface area (Å²) in [5.41, 5.74) is 1.72. The van der Waals surface area contributed by atoms with Gasteiger partial charge in [-0.05, 0) is 31.5 Å². The topological polar surface area (TPSA) is 59.6 Å². The van der Waals surface area contributed by atoms with Gasteiger partial charge in [0.05, 0.1) is 18.4 Å². The van der Waals surface area contributed by atoms with E-state index in [4.69, 9.17) is 9.47 Å². The first kappa shape index (κ1) is 13.8. The van der Waals surface area contributed by atoms with Crippen LogP contribution in [-0.2, 0) is 9.53 Å². The summed E-state index contributed by atoms with van der Waals surface area (Å²) in [6.45, 7) is 6.71. The van der Waals surface area contributed by atoms with E-state index in [-0.39, 0.29) is 18.2 Å². The number of benzene rings is 1. The molecule has 1 aromatic rings. The van der Waals surface area contributed by atoms with Crippen LogP contribution in [0.25, 0.3) is 0 Å². The molecule has 1 fully saturated rings. The molecule has 5 heteroatoms. The number of anilines is 1. The van der Waals surface area contributed by atoms with Crippen LogP contribution in [0.1, 0.15) is 32.4 Å². The van der Waals surface area contributed by atoms with E-state index < -0.39 is 0 Å². The molecular formula is C14H20N2O3. The average Bonchev–Trinajstić information content (AvgIpc) is 2.78. The molecule has 1 amide bonds. The number of carbonyl (C=O) groups excluding carboxylic acids is 1. The number of nitrogens with one attached hydrogen (secondary N) is 2. The van der Waals surface area contributed by atoms with Crippen LogP contribution in [0.3, 0.4) is 0 Å². The van der Waals surface area contributed by atoms with Crippen molar-refractivity contribution in [2.75, 3.05) is 18.5 Å². The highest BCUT2D eigenvalue weighted by atomic mass is 16.5. The van der Waals surface area contributed by atoms with Crippen molar-refractivity contribution >= 4 is 11.6 Å². The van der Waals surface area contributed by atoms with Gasteiger partial charge >= 0.3 is 0 Å². The van der Waals surface area contributed by atoms with Crippen molar-refractivity contribution in [3.05, 3.63) is 23.8 Å². The van der Waals surface area contributed by atoms with Gasteiger partial charge < -0.3 is 14.8 Å². The van der Waals surface area contributed by atoms with E-state index in [1.54, 1.807) is 0 Å². The summed E-state index contributed by atoms with van der Waals surface area (Å²) < 4.78 is 11.2. The van der Waals surface area contributed by atoms with E-state index in [1.807, 2.05) is 32.0 Å². The van der Waals surface area contributed by atoms with Crippen LogP contribution in [0.2, 0.25) is 0 Å². The van der Waals surface area contributed by atoms with Gasteiger partial charge in [0.25, 0.3) is 0 Å². The van der Waals surface area contributed by atoms with Crippen LogP contribution >= 0.6 is 0 Å². The minimum absolute atomic E-state index is 0.0122. The Labute approximate surface area is 113 Å². The Morgan fingerprint density at radius 2 is 2.37 bits per heavy atom. The molecule has 1 heterocycles. The zero-order valence-corrected chi connectivity index (χ0v) is 11.5. The van der Waals surface area contributed by atoms with E-state index in [1.165, 1.54) is 6.92 Å². The standard InChI is InChI=1S/C14H20N2O3/c1-4-18-13-6-5-11(7-12(13)16-9(2)17)14-8-15-10(3)19-14/h5-7,10,14-15H,4,8H2,1-3H3,(H,16,17). The highest BCUT2D eigenvalue weighted by Crippen LogP contribution is 2.31. The molecule has 2 N–H and O–H groups in total. The summed E-state index contributed by atoms with van der Waals surface area (Å²) in [6, 6.07) is 5.76.